The summed E-state index contributed by atoms with van der Waals surface area (Å²) in [7, 11) is 1.20. The van der Waals surface area contributed by atoms with Gasteiger partial charge in [0.2, 0.25) is 0 Å². The molecule has 0 spiro atoms. The van der Waals surface area contributed by atoms with E-state index in [0.717, 1.165) is 12.1 Å². The van der Waals surface area contributed by atoms with Crippen LogP contribution in [0.5, 0.6) is 0 Å². The molecule has 0 aliphatic rings. The highest BCUT2D eigenvalue weighted by molar-refractivity contribution is 7.98. The Bertz CT molecular complexity index is 552. The van der Waals surface area contributed by atoms with Crippen LogP contribution in [0, 0.1) is 0 Å². The summed E-state index contributed by atoms with van der Waals surface area (Å²) in [6.45, 7) is 0. The summed E-state index contributed by atoms with van der Waals surface area (Å²) < 4.78 is 42.4. The van der Waals surface area contributed by atoms with Gasteiger partial charge in [-0.2, -0.15) is 24.9 Å². The van der Waals surface area contributed by atoms with E-state index >= 15 is 0 Å². The molecule has 1 aromatic rings. The van der Waals surface area contributed by atoms with E-state index in [4.69, 9.17) is 0 Å². The number of carbonyl (C=O) groups excluding carboxylic acids is 2. The average molecular weight is 350 g/mol. The van der Waals surface area contributed by atoms with Crippen LogP contribution in [-0.4, -0.2) is 37.2 Å². The molecular weight excluding hydrogens is 333 g/mol. The molecule has 0 aliphatic carbocycles. The molecule has 1 rings (SSSR count). The van der Waals surface area contributed by atoms with Gasteiger partial charge in [0.15, 0.2) is 0 Å². The zero-order valence-corrected chi connectivity index (χ0v) is 13.4. The Kier molecular flexibility index (Phi) is 7.21. The van der Waals surface area contributed by atoms with Crippen LogP contribution < -0.4 is 10.6 Å². The second-order valence-corrected chi connectivity index (χ2v) is 5.52. The fourth-order valence-electron chi connectivity index (χ4n) is 1.73. The van der Waals surface area contributed by atoms with Gasteiger partial charge in [0.05, 0.1) is 12.7 Å². The van der Waals surface area contributed by atoms with Crippen molar-refractivity contribution in [2.75, 3.05) is 24.4 Å². The largest absolute Gasteiger partial charge is 0.467 e. The Morgan fingerprint density at radius 2 is 2.04 bits per heavy atom. The smallest absolute Gasteiger partial charge is 0.416 e. The van der Waals surface area contributed by atoms with Gasteiger partial charge in [-0.3, -0.25) is 0 Å². The zero-order chi connectivity index (χ0) is 17.5. The van der Waals surface area contributed by atoms with Gasteiger partial charge >= 0.3 is 18.2 Å². The lowest BCUT2D eigenvalue weighted by Crippen LogP contribution is -2.44. The minimum absolute atomic E-state index is 0.0224. The average Bonchev–Trinajstić information content (AvgIpc) is 2.50. The molecule has 9 heteroatoms. The molecule has 23 heavy (non-hydrogen) atoms. The molecule has 0 fully saturated rings. The number of halogens is 3. The molecule has 0 heterocycles. The number of ether oxygens (including phenoxy) is 1. The molecule has 0 aromatic heterocycles. The predicted molar refractivity (Wildman–Crippen MR) is 82.4 cm³/mol. The summed E-state index contributed by atoms with van der Waals surface area (Å²) in [4.78, 5) is 23.4. The molecule has 0 saturated heterocycles. The molecule has 0 aliphatic heterocycles. The first-order chi connectivity index (χ1) is 10.8. The van der Waals surface area contributed by atoms with Crippen LogP contribution in [0.3, 0.4) is 0 Å². The number of rotatable bonds is 6. The number of anilines is 1. The third-order valence-electron chi connectivity index (χ3n) is 2.85. The summed E-state index contributed by atoms with van der Waals surface area (Å²) in [5, 5.41) is 4.67. The Morgan fingerprint density at radius 3 is 2.61 bits per heavy atom. The summed E-state index contributed by atoms with van der Waals surface area (Å²) in [6.07, 6.45) is -2.30. The highest BCUT2D eigenvalue weighted by atomic mass is 32.2. The molecule has 5 nitrogen and oxygen atoms in total. The van der Waals surface area contributed by atoms with Crippen LogP contribution in [0.1, 0.15) is 12.0 Å². The first-order valence-electron chi connectivity index (χ1n) is 6.59. The van der Waals surface area contributed by atoms with E-state index in [2.05, 4.69) is 15.4 Å². The molecule has 1 aromatic carbocycles. The molecule has 0 saturated carbocycles. The van der Waals surface area contributed by atoms with Crippen molar-refractivity contribution < 1.29 is 27.5 Å². The first-order valence-corrected chi connectivity index (χ1v) is 7.99. The van der Waals surface area contributed by atoms with E-state index in [1.54, 1.807) is 0 Å². The molecule has 1 atom stereocenters. The second kappa shape index (κ2) is 8.66. The van der Waals surface area contributed by atoms with E-state index < -0.39 is 29.8 Å². The zero-order valence-electron chi connectivity index (χ0n) is 12.6. The number of benzene rings is 1. The van der Waals surface area contributed by atoms with Crippen molar-refractivity contribution >= 4 is 29.4 Å². The van der Waals surface area contributed by atoms with Crippen LogP contribution in [0.2, 0.25) is 0 Å². The van der Waals surface area contributed by atoms with E-state index in [0.29, 0.717) is 12.2 Å². The number of nitrogens with one attached hydrogen (secondary N) is 2. The molecule has 1 unspecified atom stereocenters. The lowest BCUT2D eigenvalue weighted by Gasteiger charge is -2.17. The molecule has 0 radical (unpaired) electrons. The number of thioether (sulfide) groups is 1. The van der Waals surface area contributed by atoms with Crippen molar-refractivity contribution in [1.82, 2.24) is 5.32 Å². The quantitative estimate of drug-likeness (QED) is 0.774. The van der Waals surface area contributed by atoms with E-state index in [1.165, 1.54) is 31.0 Å². The number of amides is 2. The third kappa shape index (κ3) is 6.39. The van der Waals surface area contributed by atoms with Crippen LogP contribution in [0.15, 0.2) is 24.3 Å². The Labute approximate surface area is 136 Å². The number of esters is 1. The minimum atomic E-state index is -4.50. The Hall–Kier alpha value is -1.90. The van der Waals surface area contributed by atoms with E-state index in [9.17, 15) is 22.8 Å². The molecular formula is C14H17F3N2O3S. The topological polar surface area (TPSA) is 67.4 Å². The van der Waals surface area contributed by atoms with Crippen molar-refractivity contribution in [3.63, 3.8) is 0 Å². The van der Waals surface area contributed by atoms with Gasteiger partial charge in [0.1, 0.15) is 6.04 Å². The molecule has 2 amide bonds. The molecule has 0 bridgehead atoms. The minimum Gasteiger partial charge on any atom is -0.467 e. The Balaban J connectivity index is 2.72. The molecule has 2 N–H and O–H groups in total. The van der Waals surface area contributed by atoms with Crippen LogP contribution in [0.25, 0.3) is 0 Å². The summed E-state index contributed by atoms with van der Waals surface area (Å²) in [5.41, 5.74) is -0.895. The SMILES string of the molecule is COC(=O)C(CCSC)NC(=O)Nc1cccc(C(F)(F)F)c1. The number of alkyl halides is 3. The van der Waals surface area contributed by atoms with Gasteiger partial charge < -0.3 is 15.4 Å². The van der Waals surface area contributed by atoms with Gasteiger partial charge in [-0.25, -0.2) is 9.59 Å². The van der Waals surface area contributed by atoms with Crippen LogP contribution >= 0.6 is 11.8 Å². The second-order valence-electron chi connectivity index (χ2n) is 4.53. The van der Waals surface area contributed by atoms with Crippen molar-refractivity contribution in [2.24, 2.45) is 0 Å². The van der Waals surface area contributed by atoms with Gasteiger partial charge in [-0.1, -0.05) is 6.07 Å². The van der Waals surface area contributed by atoms with Crippen LogP contribution in [-0.2, 0) is 15.7 Å². The summed E-state index contributed by atoms with van der Waals surface area (Å²) in [5.74, 6) is 0.00195. The van der Waals surface area contributed by atoms with Crippen molar-refractivity contribution in [3.05, 3.63) is 29.8 Å². The highest BCUT2D eigenvalue weighted by Gasteiger charge is 2.30. The maximum atomic E-state index is 12.6. The monoisotopic (exact) mass is 350 g/mol. The first kappa shape index (κ1) is 19.1. The number of methoxy groups -OCH3 is 1. The summed E-state index contributed by atoms with van der Waals surface area (Å²) >= 11 is 1.49. The fraction of sp³-hybridized carbons (Fsp3) is 0.429. The maximum absolute atomic E-state index is 12.6. The Morgan fingerprint density at radius 1 is 1.35 bits per heavy atom. The number of hydrogen-bond donors (Lipinski definition) is 2. The molecule has 128 valence electrons. The van der Waals surface area contributed by atoms with Crippen molar-refractivity contribution in [2.45, 2.75) is 18.6 Å². The van der Waals surface area contributed by atoms with Gasteiger partial charge in [0.25, 0.3) is 0 Å². The maximum Gasteiger partial charge on any atom is 0.416 e. The number of urea groups is 1. The lowest BCUT2D eigenvalue weighted by atomic mass is 10.2. The van der Waals surface area contributed by atoms with Gasteiger partial charge in [0, 0.05) is 5.69 Å². The highest BCUT2D eigenvalue weighted by Crippen LogP contribution is 2.30. The standard InChI is InChI=1S/C14H17F3N2O3S/c1-22-12(20)11(6-7-23-2)19-13(21)18-10-5-3-4-9(8-10)14(15,16)17/h3-5,8,11H,6-7H2,1-2H3,(H2,18,19,21). The van der Waals surface area contributed by atoms with E-state index in [-0.39, 0.29) is 5.69 Å². The van der Waals surface area contributed by atoms with Crippen LogP contribution in [0.4, 0.5) is 23.7 Å². The fourth-order valence-corrected chi connectivity index (χ4v) is 2.20. The summed E-state index contributed by atoms with van der Waals surface area (Å²) in [6, 6.07) is 2.58. The lowest BCUT2D eigenvalue weighted by molar-refractivity contribution is -0.142. The normalized spacial score (nSPS) is 12.4. The predicted octanol–water partition coefficient (Wildman–Crippen LogP) is 3.12. The van der Waals surface area contributed by atoms with Gasteiger partial charge in [-0.15, -0.1) is 0 Å². The number of hydrogen-bond acceptors (Lipinski definition) is 4. The van der Waals surface area contributed by atoms with Crippen molar-refractivity contribution in [3.8, 4) is 0 Å². The third-order valence-corrected chi connectivity index (χ3v) is 3.49. The van der Waals surface area contributed by atoms with Crippen molar-refractivity contribution in [1.29, 1.82) is 0 Å². The van der Waals surface area contributed by atoms with Gasteiger partial charge in [-0.05, 0) is 36.6 Å². The number of carbonyl (C=O) groups is 2. The van der Waals surface area contributed by atoms with E-state index in [1.807, 2.05) is 6.26 Å².